The van der Waals surface area contributed by atoms with E-state index in [0.29, 0.717) is 18.9 Å². The lowest BCUT2D eigenvalue weighted by molar-refractivity contribution is -0.107. The van der Waals surface area contributed by atoms with E-state index < -0.39 is 22.0 Å². The highest BCUT2D eigenvalue weighted by atomic mass is 32.2. The number of piperidine rings is 1. The minimum Gasteiger partial charge on any atom is -0.356 e. The molecule has 2 aliphatic rings. The molecule has 1 saturated carbocycles. The summed E-state index contributed by atoms with van der Waals surface area (Å²) < 4.78 is 62.8. The number of rotatable bonds is 4. The summed E-state index contributed by atoms with van der Waals surface area (Å²) in [5, 5.41) is 0.975. The van der Waals surface area contributed by atoms with Crippen molar-refractivity contribution in [3.63, 3.8) is 0 Å². The molecular weight excluding hydrogens is 419 g/mol. The number of hydrogen-bond acceptors (Lipinski definition) is 5. The predicted octanol–water partition coefficient (Wildman–Crippen LogP) is 3.31. The van der Waals surface area contributed by atoms with E-state index in [4.69, 9.17) is 0 Å². The standard InChI is InChI=1S/C19H26F3N5O2S/c1-26(17-15-4-9-23-16(15)24-13-25-17)14-2-5-18(6-3-14)7-10-27(11-8-18)30(28,29)12-19(20,21)22/h4,9,13-14H,2-3,5-8,10-12H2,1H3,(H,23,24,25). The van der Waals surface area contributed by atoms with Gasteiger partial charge in [-0.3, -0.25) is 0 Å². The van der Waals surface area contributed by atoms with Crippen molar-refractivity contribution in [2.75, 3.05) is 30.8 Å². The molecule has 11 heteroatoms. The normalized spacial score (nSPS) is 21.3. The van der Waals surface area contributed by atoms with Crippen molar-refractivity contribution >= 4 is 26.9 Å². The van der Waals surface area contributed by atoms with E-state index in [1.807, 2.05) is 19.3 Å². The Morgan fingerprint density at radius 2 is 1.87 bits per heavy atom. The summed E-state index contributed by atoms with van der Waals surface area (Å²) >= 11 is 0. The van der Waals surface area contributed by atoms with Gasteiger partial charge < -0.3 is 9.88 Å². The topological polar surface area (TPSA) is 82.2 Å². The van der Waals surface area contributed by atoms with Crippen molar-refractivity contribution in [2.45, 2.75) is 50.7 Å². The van der Waals surface area contributed by atoms with Gasteiger partial charge in [0.15, 0.2) is 5.75 Å². The summed E-state index contributed by atoms with van der Waals surface area (Å²) in [5.74, 6) is -0.887. The molecule has 1 saturated heterocycles. The smallest absolute Gasteiger partial charge is 0.356 e. The zero-order chi connectivity index (χ0) is 21.6. The van der Waals surface area contributed by atoms with Crippen LogP contribution in [0.15, 0.2) is 18.6 Å². The van der Waals surface area contributed by atoms with Crippen LogP contribution in [0.5, 0.6) is 0 Å². The molecule has 0 amide bonds. The monoisotopic (exact) mass is 445 g/mol. The van der Waals surface area contributed by atoms with Gasteiger partial charge in [-0.2, -0.15) is 13.2 Å². The third kappa shape index (κ3) is 4.27. The maximum Gasteiger partial charge on any atom is 0.404 e. The number of nitrogens with zero attached hydrogens (tertiary/aromatic N) is 4. The highest BCUT2D eigenvalue weighted by Crippen LogP contribution is 2.46. The highest BCUT2D eigenvalue weighted by molar-refractivity contribution is 7.89. The van der Waals surface area contributed by atoms with E-state index >= 15 is 0 Å². The SMILES string of the molecule is CN(c1ncnc2[nH]ccc12)C1CCC2(CC1)CCN(S(=O)(=O)CC(F)(F)F)CC2. The third-order valence-electron chi connectivity index (χ3n) is 6.75. The molecule has 1 aliphatic heterocycles. The molecule has 3 heterocycles. The van der Waals surface area contributed by atoms with Crippen LogP contribution in [0.3, 0.4) is 0 Å². The molecule has 0 radical (unpaired) electrons. The number of halogens is 3. The highest BCUT2D eigenvalue weighted by Gasteiger charge is 2.44. The number of alkyl halides is 3. The number of nitrogens with one attached hydrogen (secondary N) is 1. The Morgan fingerprint density at radius 1 is 1.20 bits per heavy atom. The van der Waals surface area contributed by atoms with E-state index in [-0.39, 0.29) is 18.5 Å². The van der Waals surface area contributed by atoms with E-state index in [0.717, 1.165) is 46.8 Å². The Balaban J connectivity index is 1.36. The Morgan fingerprint density at radius 3 is 2.50 bits per heavy atom. The van der Waals surface area contributed by atoms with Crippen molar-refractivity contribution in [1.29, 1.82) is 0 Å². The molecule has 0 atom stereocenters. The minimum atomic E-state index is -4.71. The predicted molar refractivity (Wildman–Crippen MR) is 108 cm³/mol. The molecule has 1 N–H and O–H groups in total. The first kappa shape index (κ1) is 21.4. The maximum atomic E-state index is 12.6. The number of hydrogen-bond donors (Lipinski definition) is 1. The summed E-state index contributed by atoms with van der Waals surface area (Å²) in [6.45, 7) is 0.351. The molecule has 0 bridgehead atoms. The van der Waals surface area contributed by atoms with Crippen molar-refractivity contribution in [1.82, 2.24) is 19.3 Å². The number of aromatic nitrogens is 3. The molecule has 2 fully saturated rings. The molecule has 2 aromatic rings. The quantitative estimate of drug-likeness (QED) is 0.781. The fourth-order valence-electron chi connectivity index (χ4n) is 4.95. The number of fused-ring (bicyclic) bond motifs is 1. The third-order valence-corrected chi connectivity index (χ3v) is 8.60. The van der Waals surface area contributed by atoms with Crippen LogP contribution in [0.4, 0.5) is 19.0 Å². The zero-order valence-corrected chi connectivity index (χ0v) is 17.6. The van der Waals surface area contributed by atoms with Gasteiger partial charge in [0.25, 0.3) is 0 Å². The number of anilines is 1. The van der Waals surface area contributed by atoms with Crippen molar-refractivity contribution in [3.8, 4) is 0 Å². The summed E-state index contributed by atoms with van der Waals surface area (Å²) in [6, 6.07) is 2.28. The first-order chi connectivity index (χ1) is 14.1. The van der Waals surface area contributed by atoms with Gasteiger partial charge in [0.05, 0.1) is 5.39 Å². The molecule has 2 aromatic heterocycles. The van der Waals surface area contributed by atoms with Crippen LogP contribution in [0.1, 0.15) is 38.5 Å². The molecule has 0 unspecified atom stereocenters. The lowest BCUT2D eigenvalue weighted by Gasteiger charge is -2.47. The Labute approximate surface area is 173 Å². The second kappa shape index (κ2) is 7.67. The first-order valence-corrected chi connectivity index (χ1v) is 11.8. The van der Waals surface area contributed by atoms with Crippen molar-refractivity contribution < 1.29 is 21.6 Å². The van der Waals surface area contributed by atoms with E-state index in [1.54, 1.807) is 6.33 Å². The number of H-pyrrole nitrogens is 1. The van der Waals surface area contributed by atoms with Crippen LogP contribution >= 0.6 is 0 Å². The van der Waals surface area contributed by atoms with Gasteiger partial charge in [0.1, 0.15) is 17.8 Å². The van der Waals surface area contributed by atoms with Gasteiger partial charge in [-0.15, -0.1) is 0 Å². The summed E-state index contributed by atoms with van der Waals surface area (Å²) in [6.07, 6.45) is 3.70. The molecular formula is C19H26F3N5O2S. The van der Waals surface area contributed by atoms with Crippen LogP contribution in [0.25, 0.3) is 11.0 Å². The van der Waals surface area contributed by atoms with Crippen LogP contribution in [0.2, 0.25) is 0 Å². The van der Waals surface area contributed by atoms with E-state index in [9.17, 15) is 21.6 Å². The molecule has 4 rings (SSSR count). The summed E-state index contributed by atoms with van der Waals surface area (Å²) in [5.41, 5.74) is 0.822. The van der Waals surface area contributed by atoms with Crippen LogP contribution in [-0.4, -0.2) is 65.8 Å². The van der Waals surface area contributed by atoms with Crippen LogP contribution < -0.4 is 4.90 Å². The molecule has 1 aliphatic carbocycles. The van der Waals surface area contributed by atoms with Crippen molar-refractivity contribution in [2.24, 2.45) is 5.41 Å². The largest absolute Gasteiger partial charge is 0.404 e. The summed E-state index contributed by atoms with van der Waals surface area (Å²) in [7, 11) is -2.26. The zero-order valence-electron chi connectivity index (χ0n) is 16.8. The Hall–Kier alpha value is -1.88. The molecule has 166 valence electrons. The van der Waals surface area contributed by atoms with Crippen molar-refractivity contribution in [3.05, 3.63) is 18.6 Å². The molecule has 1 spiro atoms. The maximum absolute atomic E-state index is 12.6. The number of aromatic amines is 1. The van der Waals surface area contributed by atoms with Gasteiger partial charge in [0, 0.05) is 32.4 Å². The Bertz CT molecular complexity index is 989. The second-order valence-corrected chi connectivity index (χ2v) is 10.5. The van der Waals surface area contributed by atoms with Crippen LogP contribution in [-0.2, 0) is 10.0 Å². The van der Waals surface area contributed by atoms with E-state index in [2.05, 4.69) is 19.9 Å². The first-order valence-electron chi connectivity index (χ1n) is 10.1. The van der Waals surface area contributed by atoms with Gasteiger partial charge >= 0.3 is 6.18 Å². The summed E-state index contributed by atoms with van der Waals surface area (Å²) in [4.78, 5) is 14.0. The molecule has 0 aromatic carbocycles. The molecule has 30 heavy (non-hydrogen) atoms. The minimum absolute atomic E-state index is 0.0245. The lowest BCUT2D eigenvalue weighted by atomic mass is 9.67. The number of sulfonamides is 1. The fourth-order valence-corrected chi connectivity index (χ4v) is 6.29. The van der Waals surface area contributed by atoms with Crippen LogP contribution in [0, 0.1) is 5.41 Å². The second-order valence-electron chi connectivity index (χ2n) is 8.55. The lowest BCUT2D eigenvalue weighted by Crippen LogP contribution is -2.48. The van der Waals surface area contributed by atoms with E-state index in [1.165, 1.54) is 0 Å². The Kier molecular flexibility index (Phi) is 5.46. The van der Waals surface area contributed by atoms with Gasteiger partial charge in [0.2, 0.25) is 10.0 Å². The average Bonchev–Trinajstić information content (AvgIpc) is 3.15. The fraction of sp³-hybridized carbons (Fsp3) is 0.684. The molecule has 7 nitrogen and oxygen atoms in total. The van der Waals surface area contributed by atoms with Gasteiger partial charge in [-0.05, 0) is 50.0 Å². The average molecular weight is 446 g/mol. The van der Waals surface area contributed by atoms with Gasteiger partial charge in [-0.1, -0.05) is 0 Å². The van der Waals surface area contributed by atoms with Gasteiger partial charge in [-0.25, -0.2) is 22.7 Å².